The number of ether oxygens (including phenoxy) is 1. The quantitative estimate of drug-likeness (QED) is 0.548. The summed E-state index contributed by atoms with van der Waals surface area (Å²) in [6.07, 6.45) is 1.52. The van der Waals surface area contributed by atoms with Crippen LogP contribution in [0.5, 0.6) is 11.5 Å². The molecule has 1 aliphatic heterocycles. The van der Waals surface area contributed by atoms with E-state index in [0.717, 1.165) is 16.7 Å². The molecule has 2 aromatic rings. The van der Waals surface area contributed by atoms with Gasteiger partial charge in [0.1, 0.15) is 0 Å². The maximum Gasteiger partial charge on any atom is 0.293 e. The monoisotopic (exact) mass is 447 g/mol. The Balaban J connectivity index is 1.83. The van der Waals surface area contributed by atoms with Crippen LogP contribution in [0.1, 0.15) is 15.9 Å². The molecule has 8 heteroatoms. The molecule has 1 saturated heterocycles. The van der Waals surface area contributed by atoms with Crippen LogP contribution in [0.4, 0.5) is 4.79 Å². The lowest BCUT2D eigenvalue weighted by atomic mass is 10.1. The van der Waals surface area contributed by atoms with Gasteiger partial charge in [-0.15, -0.1) is 0 Å². The highest BCUT2D eigenvalue weighted by atomic mass is 79.9. The zero-order valence-electron chi connectivity index (χ0n) is 14.1. The van der Waals surface area contributed by atoms with E-state index in [1.54, 1.807) is 42.5 Å². The number of carbonyl (C=O) groups is 3. The smallest absolute Gasteiger partial charge is 0.293 e. The van der Waals surface area contributed by atoms with E-state index < -0.39 is 11.1 Å². The minimum absolute atomic E-state index is 0.0591. The van der Waals surface area contributed by atoms with Gasteiger partial charge in [0.05, 0.1) is 23.0 Å². The highest BCUT2D eigenvalue weighted by Gasteiger charge is 2.36. The summed E-state index contributed by atoms with van der Waals surface area (Å²) in [5.74, 6) is -0.670. The molecule has 1 heterocycles. The van der Waals surface area contributed by atoms with Gasteiger partial charge in [0.25, 0.3) is 11.1 Å². The molecule has 0 saturated carbocycles. The number of ketones is 1. The first-order valence-corrected chi connectivity index (χ1v) is 9.41. The topological polar surface area (TPSA) is 83.9 Å². The lowest BCUT2D eigenvalue weighted by Crippen LogP contribution is -2.33. The third-order valence-electron chi connectivity index (χ3n) is 3.84. The lowest BCUT2D eigenvalue weighted by Gasteiger charge is -2.11. The van der Waals surface area contributed by atoms with Gasteiger partial charge < -0.3 is 9.84 Å². The van der Waals surface area contributed by atoms with Crippen molar-refractivity contribution in [2.45, 2.75) is 0 Å². The zero-order chi connectivity index (χ0) is 19.6. The molecule has 6 nitrogen and oxygen atoms in total. The molecule has 0 aliphatic carbocycles. The standard InChI is InChI=1S/C19H14BrNO5S/c1-26-15-8-11(7-13(20)17(15)23)9-16-18(24)21(19(25)27-16)10-14(22)12-5-3-2-4-6-12/h2-9,23H,10H2,1H3/b16-9+. The molecular formula is C19H14BrNO5S. The number of nitrogens with zero attached hydrogens (tertiary/aromatic N) is 1. The van der Waals surface area contributed by atoms with Crippen molar-refractivity contribution in [3.05, 3.63) is 63.0 Å². The molecule has 138 valence electrons. The van der Waals surface area contributed by atoms with Gasteiger partial charge in [-0.2, -0.15) is 0 Å². The van der Waals surface area contributed by atoms with Crippen molar-refractivity contribution in [3.8, 4) is 11.5 Å². The predicted octanol–water partition coefficient (Wildman–Crippen LogP) is 4.08. The van der Waals surface area contributed by atoms with Gasteiger partial charge in [0, 0.05) is 5.56 Å². The number of amides is 2. The minimum Gasteiger partial charge on any atom is -0.503 e. The second-order valence-corrected chi connectivity index (χ2v) is 7.46. The molecule has 3 rings (SSSR count). The summed E-state index contributed by atoms with van der Waals surface area (Å²) in [4.78, 5) is 38.2. The Labute approximate surface area is 167 Å². The van der Waals surface area contributed by atoms with Crippen molar-refractivity contribution in [1.29, 1.82) is 0 Å². The van der Waals surface area contributed by atoms with E-state index in [-0.39, 0.29) is 28.7 Å². The number of hydrogen-bond acceptors (Lipinski definition) is 6. The number of Topliss-reactive ketones (excluding diaryl/α,β-unsaturated/α-hetero) is 1. The van der Waals surface area contributed by atoms with Crippen molar-refractivity contribution < 1.29 is 24.2 Å². The Bertz CT molecular complexity index is 958. The summed E-state index contributed by atoms with van der Waals surface area (Å²) < 4.78 is 5.47. The van der Waals surface area contributed by atoms with Crippen LogP contribution < -0.4 is 4.74 Å². The molecule has 27 heavy (non-hydrogen) atoms. The number of thioether (sulfide) groups is 1. The normalized spacial score (nSPS) is 15.5. The summed E-state index contributed by atoms with van der Waals surface area (Å²) >= 11 is 3.98. The second-order valence-electron chi connectivity index (χ2n) is 5.61. The van der Waals surface area contributed by atoms with Crippen LogP contribution in [0.25, 0.3) is 6.08 Å². The molecule has 1 fully saturated rings. The van der Waals surface area contributed by atoms with Crippen molar-refractivity contribution in [2.24, 2.45) is 0 Å². The van der Waals surface area contributed by atoms with Crippen LogP contribution in [0.3, 0.4) is 0 Å². The summed E-state index contributed by atoms with van der Waals surface area (Å²) in [5.41, 5.74) is 1.00. The maximum absolute atomic E-state index is 12.6. The van der Waals surface area contributed by atoms with Gasteiger partial charge >= 0.3 is 0 Å². The first-order chi connectivity index (χ1) is 12.9. The van der Waals surface area contributed by atoms with Gasteiger partial charge in [-0.1, -0.05) is 30.3 Å². The number of carbonyl (C=O) groups excluding carboxylic acids is 3. The molecule has 0 atom stereocenters. The fraction of sp³-hybridized carbons (Fsp3) is 0.105. The number of halogens is 1. The molecule has 0 bridgehead atoms. The summed E-state index contributed by atoms with van der Waals surface area (Å²) in [6, 6.07) is 11.6. The minimum atomic E-state index is -0.530. The number of methoxy groups -OCH3 is 1. The second kappa shape index (κ2) is 7.98. The number of imide groups is 1. The summed E-state index contributed by atoms with van der Waals surface area (Å²) in [5, 5.41) is 9.36. The van der Waals surface area contributed by atoms with Crippen LogP contribution in [0, 0.1) is 0 Å². The number of phenols is 1. The lowest BCUT2D eigenvalue weighted by molar-refractivity contribution is -0.122. The van der Waals surface area contributed by atoms with E-state index in [1.807, 2.05) is 0 Å². The van der Waals surface area contributed by atoms with E-state index in [4.69, 9.17) is 4.74 Å². The predicted molar refractivity (Wildman–Crippen MR) is 106 cm³/mol. The van der Waals surface area contributed by atoms with Crippen LogP contribution >= 0.6 is 27.7 Å². The van der Waals surface area contributed by atoms with Gasteiger partial charge in [0.15, 0.2) is 17.3 Å². The van der Waals surface area contributed by atoms with Gasteiger partial charge in [-0.25, -0.2) is 0 Å². The number of rotatable bonds is 5. The number of aromatic hydroxyl groups is 1. The van der Waals surface area contributed by atoms with E-state index in [2.05, 4.69) is 15.9 Å². The largest absolute Gasteiger partial charge is 0.503 e. The first-order valence-electron chi connectivity index (χ1n) is 7.81. The Hall–Kier alpha value is -2.58. The number of hydrogen-bond donors (Lipinski definition) is 1. The third-order valence-corrected chi connectivity index (χ3v) is 5.35. The highest BCUT2D eigenvalue weighted by Crippen LogP contribution is 2.38. The molecule has 2 aromatic carbocycles. The van der Waals surface area contributed by atoms with Crippen LogP contribution in [-0.2, 0) is 4.79 Å². The summed E-state index contributed by atoms with van der Waals surface area (Å²) in [6.45, 7) is -0.311. The number of phenolic OH excluding ortho intramolecular Hbond substituents is 1. The molecule has 0 aromatic heterocycles. The summed E-state index contributed by atoms with van der Waals surface area (Å²) in [7, 11) is 1.41. The van der Waals surface area contributed by atoms with Crippen molar-refractivity contribution in [2.75, 3.05) is 13.7 Å². The Kier molecular flexibility index (Phi) is 5.67. The first kappa shape index (κ1) is 19.2. The molecule has 2 amide bonds. The van der Waals surface area contributed by atoms with Crippen molar-refractivity contribution in [1.82, 2.24) is 4.90 Å². The molecule has 0 radical (unpaired) electrons. The van der Waals surface area contributed by atoms with E-state index in [1.165, 1.54) is 13.2 Å². The van der Waals surface area contributed by atoms with Crippen LogP contribution in [0.15, 0.2) is 51.8 Å². The molecular weight excluding hydrogens is 434 g/mol. The van der Waals surface area contributed by atoms with Crippen molar-refractivity contribution in [3.63, 3.8) is 0 Å². The third kappa shape index (κ3) is 4.06. The SMILES string of the molecule is COc1cc(/C=C2/SC(=O)N(CC(=O)c3ccccc3)C2=O)cc(Br)c1O. The Morgan fingerprint density at radius 3 is 2.63 bits per heavy atom. The Morgan fingerprint density at radius 1 is 1.26 bits per heavy atom. The highest BCUT2D eigenvalue weighted by molar-refractivity contribution is 9.10. The van der Waals surface area contributed by atoms with E-state index in [9.17, 15) is 19.5 Å². The molecule has 0 unspecified atom stereocenters. The molecule has 1 N–H and O–H groups in total. The van der Waals surface area contributed by atoms with E-state index in [0.29, 0.717) is 15.6 Å². The van der Waals surface area contributed by atoms with Gasteiger partial charge in [-0.05, 0) is 51.5 Å². The fourth-order valence-corrected chi connectivity index (χ4v) is 3.78. The van der Waals surface area contributed by atoms with Crippen LogP contribution in [0.2, 0.25) is 0 Å². The van der Waals surface area contributed by atoms with Gasteiger partial charge in [-0.3, -0.25) is 19.3 Å². The molecule has 0 spiro atoms. The van der Waals surface area contributed by atoms with Crippen molar-refractivity contribution >= 4 is 50.7 Å². The van der Waals surface area contributed by atoms with Gasteiger partial charge in [0.2, 0.25) is 0 Å². The molecule has 1 aliphatic rings. The van der Waals surface area contributed by atoms with Crippen LogP contribution in [-0.4, -0.2) is 40.6 Å². The number of benzene rings is 2. The Morgan fingerprint density at radius 2 is 1.96 bits per heavy atom. The fourth-order valence-electron chi connectivity index (χ4n) is 2.48. The van der Waals surface area contributed by atoms with E-state index >= 15 is 0 Å². The zero-order valence-corrected chi connectivity index (χ0v) is 16.5. The average molecular weight is 448 g/mol. The maximum atomic E-state index is 12.6. The average Bonchev–Trinajstić information content (AvgIpc) is 2.92.